The minimum atomic E-state index is -0.833. The van der Waals surface area contributed by atoms with Gasteiger partial charge in [0.25, 0.3) is 5.97 Å². The summed E-state index contributed by atoms with van der Waals surface area (Å²) in [7, 11) is 3.37. The summed E-state index contributed by atoms with van der Waals surface area (Å²) in [5, 5.41) is 16.7. The Kier molecular flexibility index (Phi) is 19.3. The minimum Gasteiger partial charge on any atom is -0.481 e. The topological polar surface area (TPSA) is 76.0 Å². The van der Waals surface area contributed by atoms with Crippen molar-refractivity contribution in [2.24, 2.45) is 0 Å². The van der Waals surface area contributed by atoms with Crippen LogP contribution in [-0.4, -0.2) is 42.8 Å². The highest BCUT2D eigenvalue weighted by molar-refractivity contribution is 5.62. The number of aliphatic carboxylic acids is 1. The number of carboxylic acid groups (broad SMARTS) is 1. The van der Waals surface area contributed by atoms with E-state index in [2.05, 4.69) is 6.58 Å². The number of rotatable bonds is 13. The molecule has 0 bridgehead atoms. The van der Waals surface area contributed by atoms with Crippen molar-refractivity contribution in [3.63, 3.8) is 0 Å². The van der Waals surface area contributed by atoms with Gasteiger partial charge in [-0.05, 0) is 19.3 Å². The SMILES string of the molecule is C=CC(O)CCCCCCCCCC(OC)OC.CC(=O)O. The second-order valence-corrected chi connectivity index (χ2v) is 5.28. The molecule has 0 aliphatic carbocycles. The van der Waals surface area contributed by atoms with Crippen LogP contribution in [0.4, 0.5) is 0 Å². The summed E-state index contributed by atoms with van der Waals surface area (Å²) >= 11 is 0. The van der Waals surface area contributed by atoms with Gasteiger partial charge in [-0.25, -0.2) is 0 Å². The second-order valence-electron chi connectivity index (χ2n) is 5.28. The van der Waals surface area contributed by atoms with Crippen LogP contribution in [0.5, 0.6) is 0 Å². The van der Waals surface area contributed by atoms with E-state index in [1.54, 1.807) is 20.3 Å². The van der Waals surface area contributed by atoms with Crippen molar-refractivity contribution in [1.82, 2.24) is 0 Å². The molecule has 0 aromatic carbocycles. The van der Waals surface area contributed by atoms with Gasteiger partial charge in [0.1, 0.15) is 0 Å². The average Bonchev–Trinajstić information content (AvgIpc) is 2.48. The zero-order valence-corrected chi connectivity index (χ0v) is 14.4. The third-order valence-electron chi connectivity index (χ3n) is 3.24. The van der Waals surface area contributed by atoms with E-state index >= 15 is 0 Å². The van der Waals surface area contributed by atoms with Crippen molar-refractivity contribution in [3.05, 3.63) is 12.7 Å². The van der Waals surface area contributed by atoms with Crippen LogP contribution in [0.3, 0.4) is 0 Å². The van der Waals surface area contributed by atoms with Crippen molar-refractivity contribution in [2.75, 3.05) is 14.2 Å². The van der Waals surface area contributed by atoms with Crippen LogP contribution in [0.15, 0.2) is 12.7 Å². The zero-order chi connectivity index (χ0) is 17.2. The average molecular weight is 318 g/mol. The Morgan fingerprint density at radius 2 is 1.36 bits per heavy atom. The fourth-order valence-corrected chi connectivity index (χ4v) is 2.00. The molecule has 0 aromatic rings. The molecule has 0 fully saturated rings. The molecule has 2 N–H and O–H groups in total. The van der Waals surface area contributed by atoms with Crippen molar-refractivity contribution >= 4 is 5.97 Å². The molecule has 0 heterocycles. The molecule has 132 valence electrons. The Balaban J connectivity index is 0. The summed E-state index contributed by atoms with van der Waals surface area (Å²) in [6, 6.07) is 0. The molecule has 0 radical (unpaired) electrons. The summed E-state index contributed by atoms with van der Waals surface area (Å²) in [5.41, 5.74) is 0. The van der Waals surface area contributed by atoms with E-state index in [1.165, 1.54) is 38.5 Å². The number of ether oxygens (including phenoxy) is 2. The summed E-state index contributed by atoms with van der Waals surface area (Å²) in [4.78, 5) is 9.00. The lowest BCUT2D eigenvalue weighted by Gasteiger charge is -2.12. The fourth-order valence-electron chi connectivity index (χ4n) is 2.00. The molecule has 1 atom stereocenters. The number of aliphatic hydroxyl groups is 1. The Morgan fingerprint density at radius 3 is 1.73 bits per heavy atom. The van der Waals surface area contributed by atoms with Gasteiger partial charge >= 0.3 is 0 Å². The van der Waals surface area contributed by atoms with Crippen LogP contribution in [0, 0.1) is 0 Å². The van der Waals surface area contributed by atoms with Gasteiger partial charge in [-0.3, -0.25) is 4.79 Å². The van der Waals surface area contributed by atoms with E-state index in [1.807, 2.05) is 0 Å². The normalized spacial score (nSPS) is 11.7. The van der Waals surface area contributed by atoms with Crippen LogP contribution in [0.2, 0.25) is 0 Å². The Morgan fingerprint density at radius 1 is 1.00 bits per heavy atom. The highest BCUT2D eigenvalue weighted by Crippen LogP contribution is 2.12. The molecule has 0 saturated carbocycles. The molecule has 0 aliphatic rings. The summed E-state index contributed by atoms with van der Waals surface area (Å²) in [6.45, 7) is 4.65. The lowest BCUT2D eigenvalue weighted by molar-refractivity contribution is -0.134. The number of carbonyl (C=O) groups is 1. The van der Waals surface area contributed by atoms with Crippen LogP contribution >= 0.6 is 0 Å². The molecule has 0 aromatic heterocycles. The maximum Gasteiger partial charge on any atom is 0.300 e. The molecule has 0 aliphatic heterocycles. The highest BCUT2D eigenvalue weighted by atomic mass is 16.7. The van der Waals surface area contributed by atoms with Crippen LogP contribution in [0.25, 0.3) is 0 Å². The maximum atomic E-state index is 9.29. The number of hydrogen-bond donors (Lipinski definition) is 2. The van der Waals surface area contributed by atoms with Crippen molar-refractivity contribution in [3.8, 4) is 0 Å². The number of hydrogen-bond acceptors (Lipinski definition) is 4. The van der Waals surface area contributed by atoms with Gasteiger partial charge in [0, 0.05) is 21.1 Å². The highest BCUT2D eigenvalue weighted by Gasteiger charge is 2.03. The van der Waals surface area contributed by atoms with Gasteiger partial charge in [-0.1, -0.05) is 44.6 Å². The molecule has 0 amide bonds. The molecule has 5 nitrogen and oxygen atoms in total. The predicted octanol–water partition coefficient (Wildman–Crippen LogP) is 3.75. The first kappa shape index (κ1) is 23.4. The van der Waals surface area contributed by atoms with Gasteiger partial charge in [0.2, 0.25) is 0 Å². The zero-order valence-electron chi connectivity index (χ0n) is 14.4. The molecular weight excluding hydrogens is 284 g/mol. The second kappa shape index (κ2) is 18.1. The summed E-state index contributed by atoms with van der Waals surface area (Å²) in [5.74, 6) is -0.833. The van der Waals surface area contributed by atoms with E-state index in [9.17, 15) is 5.11 Å². The molecule has 1 unspecified atom stereocenters. The first-order valence-corrected chi connectivity index (χ1v) is 8.03. The third kappa shape index (κ3) is 21.4. The van der Waals surface area contributed by atoms with Gasteiger partial charge in [0.15, 0.2) is 6.29 Å². The van der Waals surface area contributed by atoms with E-state index in [0.717, 1.165) is 26.2 Å². The van der Waals surface area contributed by atoms with Crippen molar-refractivity contribution < 1.29 is 24.5 Å². The van der Waals surface area contributed by atoms with Gasteiger partial charge in [-0.2, -0.15) is 0 Å². The third-order valence-corrected chi connectivity index (χ3v) is 3.24. The van der Waals surface area contributed by atoms with Crippen molar-refractivity contribution in [2.45, 2.75) is 77.1 Å². The fraction of sp³-hybridized carbons (Fsp3) is 0.824. The number of unbranched alkanes of at least 4 members (excludes halogenated alkanes) is 6. The predicted molar refractivity (Wildman–Crippen MR) is 88.9 cm³/mol. The first-order chi connectivity index (χ1) is 10.5. The Labute approximate surface area is 135 Å². The van der Waals surface area contributed by atoms with E-state index in [4.69, 9.17) is 19.4 Å². The van der Waals surface area contributed by atoms with Crippen LogP contribution in [-0.2, 0) is 14.3 Å². The molecule has 5 heteroatoms. The first-order valence-electron chi connectivity index (χ1n) is 8.03. The van der Waals surface area contributed by atoms with Crippen molar-refractivity contribution in [1.29, 1.82) is 0 Å². The Hall–Kier alpha value is -0.910. The standard InChI is InChI=1S/C15H30O3.C2H4O2/c1-4-14(16)12-10-8-6-5-7-9-11-13-15(17-2)18-3;1-2(3)4/h4,14-16H,1,5-13H2,2-3H3;1H3,(H,3,4). The number of aliphatic hydroxyl groups excluding tert-OH is 1. The lowest BCUT2D eigenvalue weighted by atomic mass is 10.1. The summed E-state index contributed by atoms with van der Waals surface area (Å²) < 4.78 is 10.3. The largest absolute Gasteiger partial charge is 0.481 e. The number of methoxy groups -OCH3 is 2. The van der Waals surface area contributed by atoms with Crippen LogP contribution in [0.1, 0.15) is 64.7 Å². The van der Waals surface area contributed by atoms with E-state index in [-0.39, 0.29) is 12.4 Å². The van der Waals surface area contributed by atoms with E-state index < -0.39 is 5.97 Å². The monoisotopic (exact) mass is 318 g/mol. The quantitative estimate of drug-likeness (QED) is 0.307. The van der Waals surface area contributed by atoms with Gasteiger partial charge < -0.3 is 19.7 Å². The number of carboxylic acids is 1. The van der Waals surface area contributed by atoms with Crippen LogP contribution < -0.4 is 0 Å². The molecule has 0 spiro atoms. The minimum absolute atomic E-state index is 0.0367. The molecule has 0 saturated heterocycles. The maximum absolute atomic E-state index is 9.29. The smallest absolute Gasteiger partial charge is 0.300 e. The van der Waals surface area contributed by atoms with Gasteiger partial charge in [0.05, 0.1) is 6.10 Å². The molecule has 22 heavy (non-hydrogen) atoms. The van der Waals surface area contributed by atoms with E-state index in [0.29, 0.717) is 0 Å². The van der Waals surface area contributed by atoms with Gasteiger partial charge in [-0.15, -0.1) is 6.58 Å². The Bertz CT molecular complexity index is 247. The lowest BCUT2D eigenvalue weighted by Crippen LogP contribution is -2.12. The molecule has 0 rings (SSSR count). The molecular formula is C17H34O5. The summed E-state index contributed by atoms with van der Waals surface area (Å²) in [6.07, 6.45) is 11.7.